The first-order valence-corrected chi connectivity index (χ1v) is 6.23. The molecule has 2 N–H and O–H groups in total. The minimum Gasteiger partial charge on any atom is -0.316 e. The van der Waals surface area contributed by atoms with E-state index in [9.17, 15) is 0 Å². The van der Waals surface area contributed by atoms with Gasteiger partial charge in [0.25, 0.3) is 0 Å². The molecule has 1 fully saturated rings. The first-order valence-electron chi connectivity index (χ1n) is 6.23. The Labute approximate surface area is 98.4 Å². The highest BCUT2D eigenvalue weighted by atomic mass is 15.0. The Hall–Kier alpha value is -0.860. The smallest absolute Gasteiger partial charge is 0.00792 e. The fourth-order valence-corrected chi connectivity index (χ4v) is 2.01. The molecule has 0 aromatic heterocycles. The van der Waals surface area contributed by atoms with Crippen LogP contribution in [0.25, 0.3) is 0 Å². The first-order chi connectivity index (χ1) is 7.74. The molecule has 0 aliphatic carbocycles. The van der Waals surface area contributed by atoms with E-state index < -0.39 is 0 Å². The van der Waals surface area contributed by atoms with Gasteiger partial charge in [-0.05, 0) is 31.7 Å². The molecule has 2 rings (SSSR count). The van der Waals surface area contributed by atoms with Crippen LogP contribution in [0.4, 0.5) is 0 Å². The fraction of sp³-hybridized carbons (Fsp3) is 0.571. The van der Waals surface area contributed by atoms with Crippen LogP contribution in [-0.4, -0.2) is 25.7 Å². The summed E-state index contributed by atoms with van der Waals surface area (Å²) in [5.74, 6) is 0.848. The number of aryl methyl sites for hydroxylation is 1. The summed E-state index contributed by atoms with van der Waals surface area (Å²) in [5.41, 5.74) is 2.77. The summed E-state index contributed by atoms with van der Waals surface area (Å²) in [7, 11) is 0. The predicted octanol–water partition coefficient (Wildman–Crippen LogP) is 1.74. The molecule has 2 nitrogen and oxygen atoms in total. The number of nitrogens with one attached hydrogen (secondary N) is 2. The molecule has 16 heavy (non-hydrogen) atoms. The SMILES string of the molecule is Cc1ccc(CC(C)NCC2CNC2)cc1. The number of hydrogen-bond acceptors (Lipinski definition) is 2. The van der Waals surface area contributed by atoms with Gasteiger partial charge in [0.1, 0.15) is 0 Å². The lowest BCUT2D eigenvalue weighted by atomic mass is 10.0. The summed E-state index contributed by atoms with van der Waals surface area (Å²) in [6, 6.07) is 9.43. The molecule has 1 atom stereocenters. The van der Waals surface area contributed by atoms with Crippen LogP contribution in [0.2, 0.25) is 0 Å². The summed E-state index contributed by atoms with van der Waals surface area (Å²) in [6.07, 6.45) is 1.13. The van der Waals surface area contributed by atoms with Gasteiger partial charge in [0.15, 0.2) is 0 Å². The van der Waals surface area contributed by atoms with Crippen molar-refractivity contribution in [2.75, 3.05) is 19.6 Å². The maximum Gasteiger partial charge on any atom is 0.00792 e. The molecule has 1 unspecified atom stereocenters. The van der Waals surface area contributed by atoms with Gasteiger partial charge in [0, 0.05) is 25.7 Å². The van der Waals surface area contributed by atoms with E-state index in [1.807, 2.05) is 0 Å². The van der Waals surface area contributed by atoms with Gasteiger partial charge in [-0.3, -0.25) is 0 Å². The normalized spacial score (nSPS) is 18.1. The Morgan fingerprint density at radius 2 is 2.00 bits per heavy atom. The number of benzene rings is 1. The largest absolute Gasteiger partial charge is 0.316 e. The maximum atomic E-state index is 3.61. The minimum absolute atomic E-state index is 0.573. The molecule has 0 spiro atoms. The lowest BCUT2D eigenvalue weighted by Crippen LogP contribution is -2.48. The number of hydrogen-bond donors (Lipinski definition) is 2. The fourth-order valence-electron chi connectivity index (χ4n) is 2.01. The zero-order valence-corrected chi connectivity index (χ0v) is 10.3. The van der Waals surface area contributed by atoms with Crippen LogP contribution >= 0.6 is 0 Å². The highest BCUT2D eigenvalue weighted by molar-refractivity contribution is 5.21. The van der Waals surface area contributed by atoms with Crippen molar-refractivity contribution >= 4 is 0 Å². The summed E-state index contributed by atoms with van der Waals surface area (Å²) >= 11 is 0. The number of rotatable bonds is 5. The van der Waals surface area contributed by atoms with Crippen molar-refractivity contribution in [3.8, 4) is 0 Å². The van der Waals surface area contributed by atoms with Gasteiger partial charge < -0.3 is 10.6 Å². The Morgan fingerprint density at radius 1 is 1.31 bits per heavy atom. The molecule has 1 aliphatic heterocycles. The van der Waals surface area contributed by atoms with Crippen LogP contribution in [0.3, 0.4) is 0 Å². The van der Waals surface area contributed by atoms with Crippen LogP contribution in [-0.2, 0) is 6.42 Å². The quantitative estimate of drug-likeness (QED) is 0.786. The molecule has 0 saturated carbocycles. The molecule has 1 aliphatic rings. The van der Waals surface area contributed by atoms with Crippen molar-refractivity contribution in [2.24, 2.45) is 5.92 Å². The van der Waals surface area contributed by atoms with Crippen LogP contribution < -0.4 is 10.6 Å². The standard InChI is InChI=1S/C14H22N2/c1-11-3-5-13(6-4-11)7-12(2)16-10-14-8-15-9-14/h3-6,12,14-16H,7-10H2,1-2H3. The van der Waals surface area contributed by atoms with Crippen molar-refractivity contribution in [2.45, 2.75) is 26.3 Å². The minimum atomic E-state index is 0.573. The lowest BCUT2D eigenvalue weighted by Gasteiger charge is -2.28. The van der Waals surface area contributed by atoms with Crippen molar-refractivity contribution in [3.05, 3.63) is 35.4 Å². The lowest BCUT2D eigenvalue weighted by molar-refractivity contribution is 0.319. The van der Waals surface area contributed by atoms with E-state index in [0.29, 0.717) is 6.04 Å². The summed E-state index contributed by atoms with van der Waals surface area (Å²) in [5, 5.41) is 6.91. The average Bonchev–Trinajstić information content (AvgIpc) is 2.19. The third-order valence-electron chi connectivity index (χ3n) is 3.28. The van der Waals surface area contributed by atoms with E-state index in [-0.39, 0.29) is 0 Å². The van der Waals surface area contributed by atoms with Crippen LogP contribution in [0, 0.1) is 12.8 Å². The van der Waals surface area contributed by atoms with Crippen molar-refractivity contribution in [1.82, 2.24) is 10.6 Å². The Bertz CT molecular complexity index is 314. The molecule has 1 aromatic rings. The van der Waals surface area contributed by atoms with Crippen molar-refractivity contribution < 1.29 is 0 Å². The summed E-state index contributed by atoms with van der Waals surface area (Å²) in [4.78, 5) is 0. The van der Waals surface area contributed by atoms with Gasteiger partial charge in [-0.2, -0.15) is 0 Å². The van der Waals surface area contributed by atoms with Crippen LogP contribution in [0.1, 0.15) is 18.1 Å². The summed E-state index contributed by atoms with van der Waals surface area (Å²) < 4.78 is 0. The molecule has 1 heterocycles. The third kappa shape index (κ3) is 3.32. The van der Waals surface area contributed by atoms with E-state index >= 15 is 0 Å². The zero-order chi connectivity index (χ0) is 11.4. The monoisotopic (exact) mass is 218 g/mol. The van der Waals surface area contributed by atoms with E-state index in [4.69, 9.17) is 0 Å². The Balaban J connectivity index is 1.73. The van der Waals surface area contributed by atoms with Gasteiger partial charge in [0.05, 0.1) is 0 Å². The summed E-state index contributed by atoms with van der Waals surface area (Å²) in [6.45, 7) is 7.93. The molecule has 1 aromatic carbocycles. The maximum absolute atomic E-state index is 3.61. The second-order valence-electron chi connectivity index (χ2n) is 5.02. The van der Waals surface area contributed by atoms with Crippen molar-refractivity contribution in [3.63, 3.8) is 0 Å². The molecule has 0 radical (unpaired) electrons. The highest BCUT2D eigenvalue weighted by Crippen LogP contribution is 2.07. The van der Waals surface area contributed by atoms with E-state index in [1.165, 1.54) is 24.2 Å². The Morgan fingerprint density at radius 3 is 2.56 bits per heavy atom. The topological polar surface area (TPSA) is 24.1 Å². The van der Waals surface area contributed by atoms with Crippen LogP contribution in [0.15, 0.2) is 24.3 Å². The highest BCUT2D eigenvalue weighted by Gasteiger charge is 2.16. The molecule has 0 bridgehead atoms. The van der Waals surface area contributed by atoms with E-state index in [2.05, 4.69) is 48.7 Å². The van der Waals surface area contributed by atoms with E-state index in [0.717, 1.165) is 18.9 Å². The second kappa shape index (κ2) is 5.46. The molecule has 1 saturated heterocycles. The Kier molecular flexibility index (Phi) is 3.97. The third-order valence-corrected chi connectivity index (χ3v) is 3.28. The van der Waals surface area contributed by atoms with E-state index in [1.54, 1.807) is 0 Å². The molecule has 88 valence electrons. The predicted molar refractivity (Wildman–Crippen MR) is 68.7 cm³/mol. The van der Waals surface area contributed by atoms with Crippen molar-refractivity contribution in [1.29, 1.82) is 0 Å². The first kappa shape index (κ1) is 11.6. The van der Waals surface area contributed by atoms with Gasteiger partial charge in [-0.1, -0.05) is 29.8 Å². The average molecular weight is 218 g/mol. The molecular weight excluding hydrogens is 196 g/mol. The van der Waals surface area contributed by atoms with Gasteiger partial charge in [-0.25, -0.2) is 0 Å². The molecular formula is C14H22N2. The van der Waals surface area contributed by atoms with Crippen LogP contribution in [0.5, 0.6) is 0 Å². The second-order valence-corrected chi connectivity index (χ2v) is 5.02. The van der Waals surface area contributed by atoms with Gasteiger partial charge in [0.2, 0.25) is 0 Å². The molecule has 2 heteroatoms. The van der Waals surface area contributed by atoms with Gasteiger partial charge >= 0.3 is 0 Å². The zero-order valence-electron chi connectivity index (χ0n) is 10.3. The molecule has 0 amide bonds. The van der Waals surface area contributed by atoms with Gasteiger partial charge in [-0.15, -0.1) is 0 Å².